The Balaban J connectivity index is 1.60. The van der Waals surface area contributed by atoms with Crippen molar-refractivity contribution in [1.29, 1.82) is 0 Å². The normalized spacial score (nSPS) is 24.5. The van der Waals surface area contributed by atoms with E-state index in [1.54, 1.807) is 18.3 Å². The maximum absolute atomic E-state index is 12.9. The summed E-state index contributed by atoms with van der Waals surface area (Å²) in [6.45, 7) is 0. The van der Waals surface area contributed by atoms with E-state index in [1.807, 2.05) is 12.1 Å². The number of carbonyl (C=O) groups excluding carboxylic acids is 1. The number of hydrogen-bond acceptors (Lipinski definition) is 2. The van der Waals surface area contributed by atoms with E-state index >= 15 is 0 Å². The molecule has 4 rings (SSSR count). The molecule has 2 aromatic rings. The molecule has 0 radical (unpaired) electrons. The fourth-order valence-electron chi connectivity index (χ4n) is 4.18. The zero-order valence-corrected chi connectivity index (χ0v) is 15.2. The van der Waals surface area contributed by atoms with Crippen LogP contribution in [0.25, 0.3) is 0 Å². The van der Waals surface area contributed by atoms with Gasteiger partial charge in [0.2, 0.25) is 11.5 Å². The van der Waals surface area contributed by atoms with Crippen LogP contribution >= 0.6 is 27.5 Å². The predicted octanol–water partition coefficient (Wildman–Crippen LogP) is 4.10. The van der Waals surface area contributed by atoms with Gasteiger partial charge in [0.1, 0.15) is 0 Å². The topological polar surface area (TPSA) is 62.0 Å². The van der Waals surface area contributed by atoms with Gasteiger partial charge < -0.3 is 10.3 Å². The molecular formula is C18H16BrClN2O2. The van der Waals surface area contributed by atoms with Crippen molar-refractivity contribution in [2.45, 2.75) is 25.2 Å². The van der Waals surface area contributed by atoms with Crippen LogP contribution in [0.4, 0.5) is 5.69 Å². The standard InChI is InChI=1S/C18H16BrClN2O2/c19-14-4-2-11(7-15(14)20)22-18(24)17-9-1-3-12(17)13-8-21-16(23)6-10(13)5-9/h2,4,6-9,12,17H,1,3,5H2,(H,21,23)(H,22,24). The van der Waals surface area contributed by atoms with E-state index in [-0.39, 0.29) is 23.3 Å². The molecule has 2 aliphatic carbocycles. The van der Waals surface area contributed by atoms with E-state index in [2.05, 4.69) is 26.2 Å². The Bertz CT molecular complexity index is 880. The van der Waals surface area contributed by atoms with Crippen molar-refractivity contribution in [2.75, 3.05) is 5.32 Å². The number of amides is 1. The third-order valence-corrected chi connectivity index (χ3v) is 6.44. The van der Waals surface area contributed by atoms with E-state index in [0.29, 0.717) is 16.6 Å². The second-order valence-corrected chi connectivity index (χ2v) is 7.83. The summed E-state index contributed by atoms with van der Waals surface area (Å²) < 4.78 is 0.804. The number of nitrogens with one attached hydrogen (secondary N) is 2. The quantitative estimate of drug-likeness (QED) is 0.787. The van der Waals surface area contributed by atoms with Gasteiger partial charge in [-0.25, -0.2) is 0 Å². The van der Waals surface area contributed by atoms with Crippen LogP contribution < -0.4 is 10.9 Å². The van der Waals surface area contributed by atoms with Gasteiger partial charge in [-0.3, -0.25) is 9.59 Å². The molecule has 3 atom stereocenters. The van der Waals surface area contributed by atoms with Crippen molar-refractivity contribution in [3.63, 3.8) is 0 Å². The molecule has 24 heavy (non-hydrogen) atoms. The predicted molar refractivity (Wildman–Crippen MR) is 97.5 cm³/mol. The second-order valence-electron chi connectivity index (χ2n) is 6.57. The second kappa shape index (κ2) is 6.05. The van der Waals surface area contributed by atoms with Crippen molar-refractivity contribution in [3.05, 3.63) is 61.4 Å². The SMILES string of the molecule is O=C(Nc1ccc(Br)c(Cl)c1)C1C2CCC1c1c[nH]c(=O)cc1C2. The number of benzene rings is 1. The lowest BCUT2D eigenvalue weighted by molar-refractivity contribution is -0.121. The fourth-order valence-corrected chi connectivity index (χ4v) is 4.61. The summed E-state index contributed by atoms with van der Waals surface area (Å²) in [5.41, 5.74) is 2.86. The van der Waals surface area contributed by atoms with Gasteiger partial charge in [-0.05, 0) is 76.4 Å². The number of halogens is 2. The number of pyridine rings is 1. The highest BCUT2D eigenvalue weighted by molar-refractivity contribution is 9.10. The highest BCUT2D eigenvalue weighted by atomic mass is 79.9. The molecule has 1 amide bonds. The number of H-pyrrole nitrogens is 1. The van der Waals surface area contributed by atoms with Crippen molar-refractivity contribution in [3.8, 4) is 0 Å². The van der Waals surface area contributed by atoms with Crippen molar-refractivity contribution in [2.24, 2.45) is 11.8 Å². The minimum atomic E-state index is -0.0689. The number of hydrogen-bond donors (Lipinski definition) is 2. The summed E-state index contributed by atoms with van der Waals surface area (Å²) in [6, 6.07) is 7.10. The van der Waals surface area contributed by atoms with Crippen molar-refractivity contribution >= 4 is 39.1 Å². The molecule has 2 aliphatic rings. The molecule has 2 N–H and O–H groups in total. The van der Waals surface area contributed by atoms with Gasteiger partial charge >= 0.3 is 0 Å². The Kier molecular flexibility index (Phi) is 4.01. The number of rotatable bonds is 2. The largest absolute Gasteiger partial charge is 0.329 e. The molecule has 1 aromatic carbocycles. The monoisotopic (exact) mass is 406 g/mol. The van der Waals surface area contributed by atoms with E-state index in [1.165, 1.54) is 0 Å². The Morgan fingerprint density at radius 2 is 2.12 bits per heavy atom. The first kappa shape index (κ1) is 15.9. The average Bonchev–Trinajstić information content (AvgIpc) is 2.86. The summed E-state index contributed by atoms with van der Waals surface area (Å²) in [7, 11) is 0. The molecule has 4 nitrogen and oxygen atoms in total. The highest BCUT2D eigenvalue weighted by Gasteiger charge is 2.45. The zero-order valence-electron chi connectivity index (χ0n) is 12.8. The molecule has 0 spiro atoms. The molecule has 0 aliphatic heterocycles. The molecule has 2 bridgehead atoms. The number of fused-ring (bicyclic) bond motifs is 4. The summed E-state index contributed by atoms with van der Waals surface area (Å²) in [5, 5.41) is 3.58. The van der Waals surface area contributed by atoms with Crippen molar-refractivity contribution in [1.82, 2.24) is 4.98 Å². The molecule has 1 aromatic heterocycles. The Labute approximate surface area is 152 Å². The molecule has 1 saturated carbocycles. The van der Waals surface area contributed by atoms with E-state index in [9.17, 15) is 9.59 Å². The number of aromatic nitrogens is 1. The van der Waals surface area contributed by atoms with Gasteiger partial charge in [0, 0.05) is 28.3 Å². The van der Waals surface area contributed by atoms with Gasteiger partial charge in [-0.15, -0.1) is 0 Å². The summed E-state index contributed by atoms with van der Waals surface area (Å²) >= 11 is 9.45. The Morgan fingerprint density at radius 3 is 2.92 bits per heavy atom. The maximum Gasteiger partial charge on any atom is 0.248 e. The van der Waals surface area contributed by atoms with Crippen LogP contribution in [-0.4, -0.2) is 10.9 Å². The van der Waals surface area contributed by atoms with Crippen LogP contribution in [0.1, 0.15) is 29.9 Å². The fraction of sp³-hybridized carbons (Fsp3) is 0.333. The lowest BCUT2D eigenvalue weighted by Gasteiger charge is -2.31. The van der Waals surface area contributed by atoms with Crippen LogP contribution in [0, 0.1) is 11.8 Å². The molecular weight excluding hydrogens is 392 g/mol. The lowest BCUT2D eigenvalue weighted by atomic mass is 9.75. The molecule has 0 saturated heterocycles. The minimum Gasteiger partial charge on any atom is -0.329 e. The number of carbonyl (C=O) groups is 1. The van der Waals surface area contributed by atoms with Crippen LogP contribution in [0.2, 0.25) is 5.02 Å². The van der Waals surface area contributed by atoms with Crippen LogP contribution in [0.3, 0.4) is 0 Å². The molecule has 1 fully saturated rings. The number of aromatic amines is 1. The van der Waals surface area contributed by atoms with Gasteiger partial charge in [0.15, 0.2) is 0 Å². The molecule has 124 valence electrons. The van der Waals surface area contributed by atoms with Gasteiger partial charge in [-0.2, -0.15) is 0 Å². The summed E-state index contributed by atoms with van der Waals surface area (Å²) in [5.74, 6) is 0.473. The van der Waals surface area contributed by atoms with Crippen LogP contribution in [0.5, 0.6) is 0 Å². The first-order valence-electron chi connectivity index (χ1n) is 8.00. The highest BCUT2D eigenvalue weighted by Crippen LogP contribution is 2.50. The number of anilines is 1. The van der Waals surface area contributed by atoms with Gasteiger partial charge in [0.25, 0.3) is 0 Å². The lowest BCUT2D eigenvalue weighted by Crippen LogP contribution is -2.34. The summed E-state index contributed by atoms with van der Waals surface area (Å²) in [6.07, 6.45) is 4.60. The minimum absolute atomic E-state index is 0.0396. The first-order chi connectivity index (χ1) is 11.5. The maximum atomic E-state index is 12.9. The van der Waals surface area contributed by atoms with E-state index in [0.717, 1.165) is 34.9 Å². The Hall–Kier alpha value is -1.59. The first-order valence-corrected chi connectivity index (χ1v) is 9.17. The zero-order chi connectivity index (χ0) is 16.8. The Morgan fingerprint density at radius 1 is 1.29 bits per heavy atom. The molecule has 6 heteroatoms. The smallest absolute Gasteiger partial charge is 0.248 e. The van der Waals surface area contributed by atoms with E-state index < -0.39 is 0 Å². The molecule has 1 heterocycles. The third-order valence-electron chi connectivity index (χ3n) is 5.21. The van der Waals surface area contributed by atoms with Gasteiger partial charge in [-0.1, -0.05) is 11.6 Å². The van der Waals surface area contributed by atoms with E-state index in [4.69, 9.17) is 11.6 Å². The third kappa shape index (κ3) is 2.70. The van der Waals surface area contributed by atoms with Crippen LogP contribution in [-0.2, 0) is 11.2 Å². The van der Waals surface area contributed by atoms with Gasteiger partial charge in [0.05, 0.1) is 5.02 Å². The molecule has 3 unspecified atom stereocenters. The average molecular weight is 408 g/mol. The summed E-state index contributed by atoms with van der Waals surface area (Å²) in [4.78, 5) is 27.2. The van der Waals surface area contributed by atoms with Crippen LogP contribution in [0.15, 0.2) is 39.7 Å². The van der Waals surface area contributed by atoms with Crippen molar-refractivity contribution < 1.29 is 4.79 Å².